The van der Waals surface area contributed by atoms with E-state index in [4.69, 9.17) is 10.5 Å². The monoisotopic (exact) mass is 243 g/mol. The molecule has 0 radical (unpaired) electrons. The van der Waals surface area contributed by atoms with E-state index < -0.39 is 0 Å². The molecule has 0 aliphatic rings. The zero-order chi connectivity index (χ0) is 11.3. The van der Waals surface area contributed by atoms with E-state index in [-0.39, 0.29) is 18.4 Å². The van der Waals surface area contributed by atoms with Crippen LogP contribution in [-0.4, -0.2) is 13.2 Å². The van der Waals surface area contributed by atoms with Crippen molar-refractivity contribution in [2.75, 3.05) is 7.11 Å². The van der Waals surface area contributed by atoms with Gasteiger partial charge in [-0.25, -0.2) is 0 Å². The summed E-state index contributed by atoms with van der Waals surface area (Å²) in [5.74, 6) is 0.955. The van der Waals surface area contributed by atoms with Crippen LogP contribution in [0.2, 0.25) is 0 Å². The first kappa shape index (κ1) is 15.3. The number of halogens is 1. The summed E-state index contributed by atoms with van der Waals surface area (Å²) in [5.41, 5.74) is 8.53. The average Bonchev–Trinajstić information content (AvgIpc) is 2.28. The molecule has 1 atom stereocenters. The van der Waals surface area contributed by atoms with Crippen molar-refractivity contribution in [1.29, 1.82) is 0 Å². The second kappa shape index (κ2) is 7.53. The molecule has 0 aromatic heterocycles. The first-order valence-corrected chi connectivity index (χ1v) is 5.62. The SMILES string of the molecule is CCc1ccc(OC)c(CC(N)CC)c1.Cl. The summed E-state index contributed by atoms with van der Waals surface area (Å²) in [6, 6.07) is 6.58. The Hall–Kier alpha value is -0.730. The molecule has 0 heterocycles. The molecule has 16 heavy (non-hydrogen) atoms. The van der Waals surface area contributed by atoms with Crippen LogP contribution in [0.4, 0.5) is 0 Å². The Balaban J connectivity index is 0.00000225. The van der Waals surface area contributed by atoms with Gasteiger partial charge in [-0.15, -0.1) is 12.4 Å². The third-order valence-corrected chi connectivity index (χ3v) is 2.76. The van der Waals surface area contributed by atoms with E-state index in [9.17, 15) is 0 Å². The first-order chi connectivity index (χ1) is 7.21. The molecule has 0 bridgehead atoms. The van der Waals surface area contributed by atoms with Crippen molar-refractivity contribution < 1.29 is 4.74 Å². The number of methoxy groups -OCH3 is 1. The highest BCUT2D eigenvalue weighted by atomic mass is 35.5. The Bertz CT molecular complexity index is 315. The van der Waals surface area contributed by atoms with Crippen molar-refractivity contribution >= 4 is 12.4 Å². The van der Waals surface area contributed by atoms with Crippen molar-refractivity contribution in [1.82, 2.24) is 0 Å². The highest BCUT2D eigenvalue weighted by Gasteiger charge is 2.07. The molecule has 0 aliphatic carbocycles. The Kier molecular flexibility index (Phi) is 7.18. The summed E-state index contributed by atoms with van der Waals surface area (Å²) < 4.78 is 5.33. The van der Waals surface area contributed by atoms with E-state index >= 15 is 0 Å². The third-order valence-electron chi connectivity index (χ3n) is 2.76. The van der Waals surface area contributed by atoms with Crippen LogP contribution in [-0.2, 0) is 12.8 Å². The summed E-state index contributed by atoms with van der Waals surface area (Å²) in [7, 11) is 1.71. The van der Waals surface area contributed by atoms with Crippen LogP contribution in [0.15, 0.2) is 18.2 Å². The summed E-state index contributed by atoms with van der Waals surface area (Å²) in [6.07, 6.45) is 2.95. The Morgan fingerprint density at radius 2 is 2.00 bits per heavy atom. The fraction of sp³-hybridized carbons (Fsp3) is 0.538. The fourth-order valence-electron chi connectivity index (χ4n) is 1.64. The number of hydrogen-bond acceptors (Lipinski definition) is 2. The number of benzene rings is 1. The molecule has 2 nitrogen and oxygen atoms in total. The minimum Gasteiger partial charge on any atom is -0.496 e. The second-order valence-electron chi connectivity index (χ2n) is 3.87. The maximum atomic E-state index is 5.96. The van der Waals surface area contributed by atoms with Crippen molar-refractivity contribution in [3.63, 3.8) is 0 Å². The number of nitrogens with two attached hydrogens (primary N) is 1. The van der Waals surface area contributed by atoms with Crippen molar-refractivity contribution in [3.05, 3.63) is 29.3 Å². The average molecular weight is 244 g/mol. The molecular weight excluding hydrogens is 222 g/mol. The molecule has 1 aromatic rings. The van der Waals surface area contributed by atoms with Gasteiger partial charge in [0.1, 0.15) is 5.75 Å². The molecular formula is C13H22ClNO. The van der Waals surface area contributed by atoms with Gasteiger partial charge < -0.3 is 10.5 Å². The summed E-state index contributed by atoms with van der Waals surface area (Å²) >= 11 is 0. The van der Waals surface area contributed by atoms with Crippen LogP contribution in [0, 0.1) is 0 Å². The maximum Gasteiger partial charge on any atom is 0.122 e. The van der Waals surface area contributed by atoms with Gasteiger partial charge in [-0.1, -0.05) is 26.0 Å². The van der Waals surface area contributed by atoms with Gasteiger partial charge in [-0.3, -0.25) is 0 Å². The highest BCUT2D eigenvalue weighted by Crippen LogP contribution is 2.21. The van der Waals surface area contributed by atoms with E-state index in [0.717, 1.165) is 25.0 Å². The molecule has 92 valence electrons. The molecule has 0 amide bonds. The number of aryl methyl sites for hydroxylation is 1. The minimum atomic E-state index is 0. The number of ether oxygens (including phenoxy) is 1. The van der Waals surface area contributed by atoms with Crippen molar-refractivity contribution in [3.8, 4) is 5.75 Å². The smallest absolute Gasteiger partial charge is 0.122 e. The summed E-state index contributed by atoms with van der Waals surface area (Å²) in [5, 5.41) is 0. The zero-order valence-electron chi connectivity index (χ0n) is 10.3. The lowest BCUT2D eigenvalue weighted by atomic mass is 10.0. The molecule has 1 rings (SSSR count). The predicted octanol–water partition coefficient (Wildman–Crippen LogP) is 2.96. The molecule has 1 aromatic carbocycles. The van der Waals surface area contributed by atoms with Crippen molar-refractivity contribution in [2.45, 2.75) is 39.2 Å². The molecule has 1 unspecified atom stereocenters. The lowest BCUT2D eigenvalue weighted by molar-refractivity contribution is 0.407. The lowest BCUT2D eigenvalue weighted by Crippen LogP contribution is -2.21. The molecule has 2 N–H and O–H groups in total. The maximum absolute atomic E-state index is 5.96. The molecule has 0 fully saturated rings. The van der Waals surface area contributed by atoms with Gasteiger partial charge >= 0.3 is 0 Å². The van der Waals surface area contributed by atoms with E-state index in [1.165, 1.54) is 11.1 Å². The Morgan fingerprint density at radius 3 is 2.50 bits per heavy atom. The van der Waals surface area contributed by atoms with Gasteiger partial charge in [-0.2, -0.15) is 0 Å². The standard InChI is InChI=1S/C13H21NO.ClH/c1-4-10-6-7-13(15-3)11(8-10)9-12(14)5-2;/h6-8,12H,4-5,9,14H2,1-3H3;1H. The van der Waals surface area contributed by atoms with E-state index in [1.54, 1.807) is 7.11 Å². The topological polar surface area (TPSA) is 35.2 Å². The van der Waals surface area contributed by atoms with Crippen LogP contribution in [0.1, 0.15) is 31.4 Å². The Morgan fingerprint density at radius 1 is 1.31 bits per heavy atom. The summed E-state index contributed by atoms with van der Waals surface area (Å²) in [6.45, 7) is 4.27. The van der Waals surface area contributed by atoms with Gasteiger partial charge in [0.15, 0.2) is 0 Å². The molecule has 3 heteroatoms. The van der Waals surface area contributed by atoms with E-state index in [0.29, 0.717) is 0 Å². The zero-order valence-corrected chi connectivity index (χ0v) is 11.1. The molecule has 0 saturated heterocycles. The normalized spacial score (nSPS) is 11.8. The fourth-order valence-corrected chi connectivity index (χ4v) is 1.64. The van der Waals surface area contributed by atoms with Crippen LogP contribution in [0.5, 0.6) is 5.75 Å². The second-order valence-corrected chi connectivity index (χ2v) is 3.87. The van der Waals surface area contributed by atoms with Crippen LogP contribution < -0.4 is 10.5 Å². The largest absolute Gasteiger partial charge is 0.496 e. The predicted molar refractivity (Wildman–Crippen MR) is 71.6 cm³/mol. The molecule has 0 spiro atoms. The van der Waals surface area contributed by atoms with Gasteiger partial charge in [0, 0.05) is 6.04 Å². The van der Waals surface area contributed by atoms with Gasteiger partial charge in [0.25, 0.3) is 0 Å². The van der Waals surface area contributed by atoms with Crippen LogP contribution in [0.3, 0.4) is 0 Å². The van der Waals surface area contributed by atoms with Crippen LogP contribution >= 0.6 is 12.4 Å². The van der Waals surface area contributed by atoms with E-state index in [2.05, 4.69) is 26.0 Å². The minimum absolute atomic E-state index is 0. The summed E-state index contributed by atoms with van der Waals surface area (Å²) in [4.78, 5) is 0. The number of hydrogen-bond donors (Lipinski definition) is 1. The Labute approximate surface area is 105 Å². The van der Waals surface area contributed by atoms with Gasteiger partial charge in [0.05, 0.1) is 7.11 Å². The van der Waals surface area contributed by atoms with Gasteiger partial charge in [0.2, 0.25) is 0 Å². The van der Waals surface area contributed by atoms with Crippen LogP contribution in [0.25, 0.3) is 0 Å². The first-order valence-electron chi connectivity index (χ1n) is 5.62. The number of rotatable bonds is 5. The molecule has 0 aliphatic heterocycles. The molecule has 0 saturated carbocycles. The van der Waals surface area contributed by atoms with E-state index in [1.807, 2.05) is 6.07 Å². The quantitative estimate of drug-likeness (QED) is 0.863. The lowest BCUT2D eigenvalue weighted by Gasteiger charge is -2.13. The third kappa shape index (κ3) is 4.03. The van der Waals surface area contributed by atoms with Crippen molar-refractivity contribution in [2.24, 2.45) is 5.73 Å². The highest BCUT2D eigenvalue weighted by molar-refractivity contribution is 5.85. The van der Waals surface area contributed by atoms with Gasteiger partial charge in [-0.05, 0) is 36.5 Å².